The minimum Gasteiger partial charge on any atom is -0.378 e. The summed E-state index contributed by atoms with van der Waals surface area (Å²) in [5.74, 6) is 0.0197. The van der Waals surface area contributed by atoms with Gasteiger partial charge in [0.25, 0.3) is 0 Å². The number of nitrogens with zero attached hydrogens (tertiary/aromatic N) is 2. The van der Waals surface area contributed by atoms with Crippen LogP contribution in [0.4, 0.5) is 0 Å². The van der Waals surface area contributed by atoms with E-state index < -0.39 is 0 Å². The van der Waals surface area contributed by atoms with E-state index in [9.17, 15) is 4.79 Å². The molecule has 128 valence electrons. The topological polar surface area (TPSA) is 67.7 Å². The maximum absolute atomic E-state index is 11.9. The molecule has 3 rings (SSSR count). The molecule has 0 spiro atoms. The number of halogens is 2. The molecule has 1 saturated heterocycles. The number of aromatic nitrogens is 2. The molecule has 1 unspecified atom stereocenters. The standard InChI is InChI=1S/C15H20N4O2.2ClH/c1-11-2-3-14-18-13(9-19(14)8-11)7-17-15(20)6-12-10-21-5-4-16-12;;/h2-3,8-9,12,16H,4-7,10H2,1H3,(H,17,20);2*1H. The van der Waals surface area contributed by atoms with Gasteiger partial charge in [-0.2, -0.15) is 0 Å². The molecule has 6 nitrogen and oxygen atoms in total. The first-order valence-corrected chi connectivity index (χ1v) is 7.23. The zero-order valence-corrected chi connectivity index (χ0v) is 14.6. The van der Waals surface area contributed by atoms with Crippen LogP contribution in [-0.4, -0.2) is 41.1 Å². The van der Waals surface area contributed by atoms with Gasteiger partial charge >= 0.3 is 0 Å². The highest BCUT2D eigenvalue weighted by molar-refractivity contribution is 5.85. The molecule has 1 amide bonds. The van der Waals surface area contributed by atoms with E-state index in [1.165, 1.54) is 5.56 Å². The van der Waals surface area contributed by atoms with Gasteiger partial charge in [0, 0.05) is 31.4 Å². The number of aryl methyl sites for hydroxylation is 1. The second-order valence-corrected chi connectivity index (χ2v) is 5.41. The van der Waals surface area contributed by atoms with Crippen LogP contribution in [0.3, 0.4) is 0 Å². The molecular formula is C15H22Cl2N4O2. The van der Waals surface area contributed by atoms with Crippen molar-refractivity contribution in [2.75, 3.05) is 19.8 Å². The summed E-state index contributed by atoms with van der Waals surface area (Å²) >= 11 is 0. The van der Waals surface area contributed by atoms with Gasteiger partial charge in [-0.3, -0.25) is 4.79 Å². The second-order valence-electron chi connectivity index (χ2n) is 5.41. The fourth-order valence-corrected chi connectivity index (χ4v) is 2.48. The third-order valence-electron chi connectivity index (χ3n) is 3.55. The molecule has 1 atom stereocenters. The van der Waals surface area contributed by atoms with Crippen LogP contribution in [0.1, 0.15) is 17.7 Å². The lowest BCUT2D eigenvalue weighted by Gasteiger charge is -2.23. The summed E-state index contributed by atoms with van der Waals surface area (Å²) in [6, 6.07) is 4.12. The number of morpholine rings is 1. The third-order valence-corrected chi connectivity index (χ3v) is 3.55. The number of carbonyl (C=O) groups is 1. The molecule has 1 aliphatic heterocycles. The average Bonchev–Trinajstić information content (AvgIpc) is 2.88. The Labute approximate surface area is 147 Å². The lowest BCUT2D eigenvalue weighted by Crippen LogP contribution is -2.44. The van der Waals surface area contributed by atoms with Crippen LogP contribution in [-0.2, 0) is 16.1 Å². The van der Waals surface area contributed by atoms with Gasteiger partial charge in [0.2, 0.25) is 5.91 Å². The molecular weight excluding hydrogens is 339 g/mol. The lowest BCUT2D eigenvalue weighted by molar-refractivity contribution is -0.122. The Balaban J connectivity index is 0.00000132. The molecule has 2 aromatic heterocycles. The number of fused-ring (bicyclic) bond motifs is 1. The molecule has 0 radical (unpaired) electrons. The van der Waals surface area contributed by atoms with E-state index in [0.29, 0.717) is 19.6 Å². The normalized spacial score (nSPS) is 17.2. The Morgan fingerprint density at radius 2 is 2.26 bits per heavy atom. The maximum atomic E-state index is 11.9. The zero-order valence-electron chi connectivity index (χ0n) is 12.9. The molecule has 1 aliphatic rings. The fourth-order valence-electron chi connectivity index (χ4n) is 2.48. The summed E-state index contributed by atoms with van der Waals surface area (Å²) < 4.78 is 7.32. The predicted molar refractivity (Wildman–Crippen MR) is 93.5 cm³/mol. The van der Waals surface area contributed by atoms with Crippen LogP contribution in [0, 0.1) is 6.92 Å². The fraction of sp³-hybridized carbons (Fsp3) is 0.467. The first kappa shape index (κ1) is 19.7. The van der Waals surface area contributed by atoms with Gasteiger partial charge in [-0.15, -0.1) is 24.8 Å². The lowest BCUT2D eigenvalue weighted by atomic mass is 10.2. The van der Waals surface area contributed by atoms with E-state index in [1.54, 1.807) is 0 Å². The Morgan fingerprint density at radius 1 is 1.43 bits per heavy atom. The number of ether oxygens (including phenoxy) is 1. The van der Waals surface area contributed by atoms with Gasteiger partial charge in [0.1, 0.15) is 5.65 Å². The molecule has 1 fully saturated rings. The minimum atomic E-state index is 0. The van der Waals surface area contributed by atoms with E-state index in [-0.39, 0.29) is 36.8 Å². The van der Waals surface area contributed by atoms with Crippen molar-refractivity contribution in [1.82, 2.24) is 20.0 Å². The van der Waals surface area contributed by atoms with Crippen molar-refractivity contribution in [2.45, 2.75) is 25.9 Å². The van der Waals surface area contributed by atoms with Crippen LogP contribution in [0.25, 0.3) is 5.65 Å². The van der Waals surface area contributed by atoms with Crippen LogP contribution in [0.15, 0.2) is 24.5 Å². The Bertz CT molecular complexity index is 641. The highest BCUT2D eigenvalue weighted by atomic mass is 35.5. The van der Waals surface area contributed by atoms with Crippen LogP contribution in [0.5, 0.6) is 0 Å². The van der Waals surface area contributed by atoms with Crippen molar-refractivity contribution in [2.24, 2.45) is 0 Å². The highest BCUT2D eigenvalue weighted by Gasteiger charge is 2.16. The van der Waals surface area contributed by atoms with Gasteiger partial charge in [0.05, 0.1) is 25.5 Å². The number of hydrogen-bond acceptors (Lipinski definition) is 4. The Morgan fingerprint density at radius 3 is 3.00 bits per heavy atom. The summed E-state index contributed by atoms with van der Waals surface area (Å²) in [6.45, 7) is 4.62. The van der Waals surface area contributed by atoms with Gasteiger partial charge < -0.3 is 19.8 Å². The molecule has 0 aromatic carbocycles. The number of amides is 1. The maximum Gasteiger partial charge on any atom is 0.221 e. The molecule has 8 heteroatoms. The van der Waals surface area contributed by atoms with Crippen molar-refractivity contribution in [3.63, 3.8) is 0 Å². The number of nitrogens with one attached hydrogen (secondary N) is 2. The average molecular weight is 361 g/mol. The molecule has 0 bridgehead atoms. The van der Waals surface area contributed by atoms with Crippen LogP contribution >= 0.6 is 24.8 Å². The zero-order chi connectivity index (χ0) is 14.7. The van der Waals surface area contributed by atoms with Crippen molar-refractivity contribution in [1.29, 1.82) is 0 Å². The molecule has 0 aliphatic carbocycles. The number of rotatable bonds is 4. The summed E-state index contributed by atoms with van der Waals surface area (Å²) in [6.07, 6.45) is 4.41. The molecule has 3 heterocycles. The second kappa shape index (κ2) is 9.08. The summed E-state index contributed by atoms with van der Waals surface area (Å²) in [5, 5.41) is 6.18. The van der Waals surface area contributed by atoms with Gasteiger partial charge in [-0.1, -0.05) is 6.07 Å². The number of hydrogen-bond donors (Lipinski definition) is 2. The monoisotopic (exact) mass is 360 g/mol. The number of pyridine rings is 1. The third kappa shape index (κ3) is 5.35. The van der Waals surface area contributed by atoms with Crippen molar-refractivity contribution in [3.05, 3.63) is 35.8 Å². The Hall–Kier alpha value is -1.34. The van der Waals surface area contributed by atoms with Gasteiger partial charge in [-0.25, -0.2) is 4.98 Å². The first-order valence-electron chi connectivity index (χ1n) is 7.23. The highest BCUT2D eigenvalue weighted by Crippen LogP contribution is 2.07. The van der Waals surface area contributed by atoms with E-state index in [1.807, 2.05) is 35.9 Å². The minimum absolute atomic E-state index is 0. The summed E-state index contributed by atoms with van der Waals surface area (Å²) in [7, 11) is 0. The largest absolute Gasteiger partial charge is 0.378 e. The van der Waals surface area contributed by atoms with Gasteiger partial charge in [0.15, 0.2) is 0 Å². The van der Waals surface area contributed by atoms with Gasteiger partial charge in [-0.05, 0) is 18.6 Å². The van der Waals surface area contributed by atoms with E-state index in [2.05, 4.69) is 15.6 Å². The first-order chi connectivity index (χ1) is 10.2. The van der Waals surface area contributed by atoms with E-state index in [4.69, 9.17) is 4.74 Å². The predicted octanol–water partition coefficient (Wildman–Crippen LogP) is 1.48. The molecule has 2 aromatic rings. The van der Waals surface area contributed by atoms with E-state index in [0.717, 1.165) is 24.5 Å². The van der Waals surface area contributed by atoms with Crippen molar-refractivity contribution < 1.29 is 9.53 Å². The summed E-state index contributed by atoms with van der Waals surface area (Å²) in [5.41, 5.74) is 2.94. The van der Waals surface area contributed by atoms with Crippen LogP contribution in [0.2, 0.25) is 0 Å². The van der Waals surface area contributed by atoms with E-state index >= 15 is 0 Å². The number of imidazole rings is 1. The summed E-state index contributed by atoms with van der Waals surface area (Å²) in [4.78, 5) is 16.4. The molecule has 23 heavy (non-hydrogen) atoms. The Kier molecular flexibility index (Phi) is 7.78. The number of carbonyl (C=O) groups excluding carboxylic acids is 1. The van der Waals surface area contributed by atoms with Crippen molar-refractivity contribution in [3.8, 4) is 0 Å². The van der Waals surface area contributed by atoms with Crippen molar-refractivity contribution >= 4 is 36.4 Å². The quantitative estimate of drug-likeness (QED) is 0.866. The van der Waals surface area contributed by atoms with Crippen LogP contribution < -0.4 is 10.6 Å². The molecule has 2 N–H and O–H groups in total. The molecule has 0 saturated carbocycles. The SMILES string of the molecule is Cc1ccc2nc(CNC(=O)CC3COCCN3)cn2c1.Cl.Cl. The smallest absolute Gasteiger partial charge is 0.221 e.